The van der Waals surface area contributed by atoms with E-state index >= 15 is 0 Å². The number of aromatic nitrogens is 1. The third-order valence-corrected chi connectivity index (χ3v) is 8.42. The largest absolute Gasteiger partial charge is 0.487 e. The number of nitrogens with zero attached hydrogens (tertiary/aromatic N) is 2. The van der Waals surface area contributed by atoms with Crippen molar-refractivity contribution >= 4 is 50.1 Å². The van der Waals surface area contributed by atoms with Crippen LogP contribution in [0.3, 0.4) is 0 Å². The third kappa shape index (κ3) is 3.12. The number of hydrogen-bond acceptors (Lipinski definition) is 6. The molecule has 1 N–H and O–H groups in total. The number of para-hydroxylation sites is 1. The Morgan fingerprint density at radius 1 is 1.03 bits per heavy atom. The summed E-state index contributed by atoms with van der Waals surface area (Å²) < 4.78 is 7.45. The predicted molar refractivity (Wildman–Crippen MR) is 140 cm³/mol. The van der Waals surface area contributed by atoms with E-state index in [0.29, 0.717) is 23.3 Å². The molecule has 4 heterocycles. The van der Waals surface area contributed by atoms with Crippen molar-refractivity contribution in [3.63, 3.8) is 0 Å². The molecule has 0 saturated heterocycles. The number of ketones is 1. The van der Waals surface area contributed by atoms with Gasteiger partial charge in [0.05, 0.1) is 27.0 Å². The molecule has 6 nitrogen and oxygen atoms in total. The van der Waals surface area contributed by atoms with Gasteiger partial charge in [0.15, 0.2) is 5.78 Å². The summed E-state index contributed by atoms with van der Waals surface area (Å²) in [4.78, 5) is 32.7. The van der Waals surface area contributed by atoms with Gasteiger partial charge >= 0.3 is 5.97 Å². The number of Topliss-reactive ketones (excluding diaryl/α,β-unsaturated/α-hetero) is 1. The highest BCUT2D eigenvalue weighted by molar-refractivity contribution is 7.19. The van der Waals surface area contributed by atoms with E-state index in [0.717, 1.165) is 69.1 Å². The van der Waals surface area contributed by atoms with Crippen molar-refractivity contribution in [2.24, 2.45) is 0 Å². The number of carboxylic acid groups (broad SMARTS) is 1. The number of hydrogen-bond donors (Lipinski definition) is 1. The van der Waals surface area contributed by atoms with Crippen LogP contribution in [0.15, 0.2) is 54.6 Å². The van der Waals surface area contributed by atoms with Crippen LogP contribution in [0.1, 0.15) is 55.3 Å². The SMILES string of the molecule is O=C(O)c1ccccc1C1=C(c2nc3ccccc3s2)COc2c1cc1c3c2C(=O)CCN3CCC1. The number of fused-ring (bicyclic) bond motifs is 3. The quantitative estimate of drug-likeness (QED) is 0.394. The van der Waals surface area contributed by atoms with E-state index in [1.54, 1.807) is 23.5 Å². The molecule has 0 saturated carbocycles. The number of aryl methyl sites for hydroxylation is 1. The molecule has 4 aromatic rings. The van der Waals surface area contributed by atoms with Crippen molar-refractivity contribution in [3.8, 4) is 5.75 Å². The molecular weight excluding hydrogens is 472 g/mol. The molecule has 0 radical (unpaired) electrons. The number of aromatic carboxylic acids is 1. The van der Waals surface area contributed by atoms with Gasteiger partial charge in [-0.3, -0.25) is 4.79 Å². The van der Waals surface area contributed by atoms with E-state index in [-0.39, 0.29) is 18.0 Å². The highest BCUT2D eigenvalue weighted by atomic mass is 32.1. The first-order valence-corrected chi connectivity index (χ1v) is 12.9. The smallest absolute Gasteiger partial charge is 0.336 e. The minimum absolute atomic E-state index is 0.0931. The predicted octanol–water partition coefficient (Wildman–Crippen LogP) is 5.69. The average molecular weight is 495 g/mol. The molecular formula is C29H22N2O4S. The van der Waals surface area contributed by atoms with Crippen molar-refractivity contribution in [3.05, 3.63) is 87.4 Å². The van der Waals surface area contributed by atoms with Crippen LogP contribution < -0.4 is 9.64 Å². The van der Waals surface area contributed by atoms with E-state index in [4.69, 9.17) is 9.72 Å². The Morgan fingerprint density at radius 3 is 2.72 bits per heavy atom. The van der Waals surface area contributed by atoms with E-state index in [9.17, 15) is 14.7 Å². The van der Waals surface area contributed by atoms with Gasteiger partial charge in [-0.05, 0) is 48.2 Å². The Hall–Kier alpha value is -3.97. The summed E-state index contributed by atoms with van der Waals surface area (Å²) in [6.45, 7) is 1.89. The number of benzene rings is 3. The second-order valence-corrected chi connectivity index (χ2v) is 10.4. The van der Waals surface area contributed by atoms with Crippen LogP contribution in [-0.2, 0) is 6.42 Å². The number of rotatable bonds is 3. The molecule has 0 bridgehead atoms. The second kappa shape index (κ2) is 8.03. The van der Waals surface area contributed by atoms with E-state index in [1.165, 1.54) is 0 Å². The monoisotopic (exact) mass is 494 g/mol. The van der Waals surface area contributed by atoms with Gasteiger partial charge in [-0.25, -0.2) is 9.78 Å². The van der Waals surface area contributed by atoms with Gasteiger partial charge in [0.1, 0.15) is 17.4 Å². The zero-order valence-corrected chi connectivity index (χ0v) is 20.2. The lowest BCUT2D eigenvalue weighted by molar-refractivity contribution is 0.0696. The number of thiazole rings is 1. The van der Waals surface area contributed by atoms with Gasteiger partial charge in [0, 0.05) is 36.2 Å². The van der Waals surface area contributed by atoms with Gasteiger partial charge in [-0.15, -0.1) is 11.3 Å². The lowest BCUT2D eigenvalue weighted by Gasteiger charge is -2.38. The van der Waals surface area contributed by atoms with Crippen molar-refractivity contribution in [1.29, 1.82) is 0 Å². The molecule has 0 amide bonds. The summed E-state index contributed by atoms with van der Waals surface area (Å²) in [5.41, 5.74) is 6.95. The van der Waals surface area contributed by atoms with E-state index < -0.39 is 5.97 Å². The molecule has 36 heavy (non-hydrogen) atoms. The third-order valence-electron chi connectivity index (χ3n) is 7.32. The molecule has 7 rings (SSSR count). The maximum Gasteiger partial charge on any atom is 0.336 e. The van der Waals surface area contributed by atoms with Crippen molar-refractivity contribution < 1.29 is 19.4 Å². The fraction of sp³-hybridized carbons (Fsp3) is 0.207. The average Bonchev–Trinajstić information content (AvgIpc) is 3.34. The molecule has 7 heteroatoms. The van der Waals surface area contributed by atoms with Gasteiger partial charge in [0.2, 0.25) is 0 Å². The maximum absolute atomic E-state index is 13.3. The summed E-state index contributed by atoms with van der Waals surface area (Å²) >= 11 is 1.57. The molecule has 178 valence electrons. The molecule has 0 spiro atoms. The first-order chi connectivity index (χ1) is 17.6. The highest BCUT2D eigenvalue weighted by Gasteiger charge is 2.37. The van der Waals surface area contributed by atoms with Crippen LogP contribution in [0.4, 0.5) is 5.69 Å². The molecule has 3 aliphatic heterocycles. The molecule has 3 aliphatic rings. The van der Waals surface area contributed by atoms with Gasteiger partial charge < -0.3 is 14.7 Å². The van der Waals surface area contributed by atoms with Crippen LogP contribution in [0, 0.1) is 0 Å². The Bertz CT molecular complexity index is 1600. The molecule has 0 aliphatic carbocycles. The fourth-order valence-electron chi connectivity index (χ4n) is 5.76. The summed E-state index contributed by atoms with van der Waals surface area (Å²) in [5, 5.41) is 10.9. The molecule has 0 atom stereocenters. The van der Waals surface area contributed by atoms with Crippen molar-refractivity contribution in [2.45, 2.75) is 19.3 Å². The lowest BCUT2D eigenvalue weighted by Crippen LogP contribution is -2.37. The summed E-state index contributed by atoms with van der Waals surface area (Å²) in [5.74, 6) is -0.322. The Kier molecular flexibility index (Phi) is 4.76. The van der Waals surface area contributed by atoms with Gasteiger partial charge in [0.25, 0.3) is 0 Å². The first-order valence-electron chi connectivity index (χ1n) is 12.1. The van der Waals surface area contributed by atoms with E-state index in [1.807, 2.05) is 36.4 Å². The minimum Gasteiger partial charge on any atom is -0.487 e. The second-order valence-electron chi connectivity index (χ2n) is 9.38. The Labute approximate surface area is 211 Å². The first kappa shape index (κ1) is 21.3. The lowest BCUT2D eigenvalue weighted by atomic mass is 9.82. The van der Waals surface area contributed by atoms with Gasteiger partial charge in [-0.1, -0.05) is 30.3 Å². The van der Waals surface area contributed by atoms with Crippen LogP contribution in [0.5, 0.6) is 5.75 Å². The topological polar surface area (TPSA) is 79.7 Å². The summed E-state index contributed by atoms with van der Waals surface area (Å²) in [7, 11) is 0. The molecule has 3 aromatic carbocycles. The number of carboxylic acids is 1. The normalized spacial score (nSPS) is 16.6. The molecule has 0 fully saturated rings. The van der Waals surface area contributed by atoms with Crippen LogP contribution in [0.25, 0.3) is 21.4 Å². The van der Waals surface area contributed by atoms with Crippen molar-refractivity contribution in [2.75, 3.05) is 24.6 Å². The highest BCUT2D eigenvalue weighted by Crippen LogP contribution is 2.50. The van der Waals surface area contributed by atoms with Crippen LogP contribution in [0.2, 0.25) is 0 Å². The number of carbonyl (C=O) groups is 2. The summed E-state index contributed by atoms with van der Waals surface area (Å²) in [6.07, 6.45) is 2.36. The number of carbonyl (C=O) groups excluding carboxylic acids is 1. The number of anilines is 1. The standard InChI is InChI=1S/C29H22N2O4S/c32-22-11-13-31-12-5-6-16-14-19-24(17-7-1-2-8-18(17)29(33)34)20(15-35-27(19)25(22)26(16)31)28-30-21-9-3-4-10-23(21)36-28/h1-4,7-10,14H,5-6,11-13,15H2,(H,33,34). The van der Waals surface area contributed by atoms with E-state index in [2.05, 4.69) is 11.0 Å². The fourth-order valence-corrected chi connectivity index (χ4v) is 6.76. The van der Waals surface area contributed by atoms with Crippen LogP contribution >= 0.6 is 11.3 Å². The molecule has 0 unspecified atom stereocenters. The maximum atomic E-state index is 13.3. The Balaban J connectivity index is 1.57. The molecule has 1 aromatic heterocycles. The zero-order chi connectivity index (χ0) is 24.4. The van der Waals surface area contributed by atoms with Crippen molar-refractivity contribution in [1.82, 2.24) is 4.98 Å². The summed E-state index contributed by atoms with van der Waals surface area (Å²) in [6, 6.07) is 17.2. The minimum atomic E-state index is -0.989. The van der Waals surface area contributed by atoms with Gasteiger partial charge in [-0.2, -0.15) is 0 Å². The Morgan fingerprint density at radius 2 is 1.86 bits per heavy atom. The number of ether oxygens (including phenoxy) is 1. The van der Waals surface area contributed by atoms with Crippen LogP contribution in [-0.4, -0.2) is 41.5 Å². The zero-order valence-electron chi connectivity index (χ0n) is 19.4.